The van der Waals surface area contributed by atoms with E-state index in [-0.39, 0.29) is 11.9 Å². The summed E-state index contributed by atoms with van der Waals surface area (Å²) in [5.41, 5.74) is 5.07. The zero-order valence-electron chi connectivity index (χ0n) is 16.4. The molecule has 3 rings (SSSR count). The molecule has 0 saturated carbocycles. The van der Waals surface area contributed by atoms with Crippen LogP contribution in [0.25, 0.3) is 5.69 Å². The molecule has 0 fully saturated rings. The molecule has 0 aliphatic carbocycles. The van der Waals surface area contributed by atoms with Crippen molar-refractivity contribution < 1.29 is 9.53 Å². The van der Waals surface area contributed by atoms with Gasteiger partial charge in [-0.3, -0.25) is 4.79 Å². The Kier molecular flexibility index (Phi) is 5.75. The van der Waals surface area contributed by atoms with Crippen LogP contribution in [-0.2, 0) is 11.2 Å². The largest absolute Gasteiger partial charge is 0.407 e. The summed E-state index contributed by atoms with van der Waals surface area (Å²) >= 11 is 0. The average molecular weight is 362 g/mol. The van der Waals surface area contributed by atoms with Crippen LogP contribution in [0, 0.1) is 13.8 Å². The minimum absolute atomic E-state index is 0.253. The second-order valence-electron chi connectivity index (χ2n) is 6.82. The lowest BCUT2D eigenvalue weighted by Gasteiger charge is -2.15. The summed E-state index contributed by atoms with van der Waals surface area (Å²) in [6.45, 7) is 8.14. The van der Waals surface area contributed by atoms with Crippen LogP contribution in [0.5, 0.6) is 5.88 Å². The van der Waals surface area contributed by atoms with E-state index in [1.165, 1.54) is 5.56 Å². The number of hydrogen-bond acceptors (Lipinski definition) is 3. The van der Waals surface area contributed by atoms with E-state index >= 15 is 0 Å². The number of carbonyl (C=O) groups excluding carboxylic acids is 1. The second kappa shape index (κ2) is 8.21. The molecule has 0 saturated heterocycles. The summed E-state index contributed by atoms with van der Waals surface area (Å²) in [6.07, 6.45) is 1.46. The number of aromatic nitrogens is 2. The Bertz CT molecular complexity index is 929. The Morgan fingerprint density at radius 2 is 1.81 bits per heavy atom. The molecular weight excluding hydrogens is 336 g/mol. The van der Waals surface area contributed by atoms with Gasteiger partial charge >= 0.3 is 5.97 Å². The van der Waals surface area contributed by atoms with Gasteiger partial charge in [-0.05, 0) is 43.9 Å². The molecule has 3 aromatic rings. The predicted molar refractivity (Wildman–Crippen MR) is 108 cm³/mol. The van der Waals surface area contributed by atoms with Gasteiger partial charge < -0.3 is 4.74 Å². The lowest BCUT2D eigenvalue weighted by atomic mass is 9.97. The number of aryl methyl sites for hydroxylation is 3. The highest BCUT2D eigenvalue weighted by molar-refractivity contribution is 5.80. The van der Waals surface area contributed by atoms with Crippen LogP contribution in [0.1, 0.15) is 48.6 Å². The zero-order valence-corrected chi connectivity index (χ0v) is 16.4. The van der Waals surface area contributed by atoms with Crippen molar-refractivity contribution in [3.63, 3.8) is 0 Å². The third-order valence-corrected chi connectivity index (χ3v) is 4.77. The molecule has 0 bridgehead atoms. The molecule has 140 valence electrons. The molecule has 2 aromatic carbocycles. The van der Waals surface area contributed by atoms with Gasteiger partial charge in [0.1, 0.15) is 0 Å². The average Bonchev–Trinajstić information content (AvgIpc) is 3.06. The van der Waals surface area contributed by atoms with E-state index < -0.39 is 0 Å². The fourth-order valence-corrected chi connectivity index (χ4v) is 3.27. The van der Waals surface area contributed by atoms with E-state index in [1.54, 1.807) is 4.68 Å². The molecule has 0 N–H and O–H groups in total. The molecule has 4 heteroatoms. The molecular formula is C23H26N2O2. The monoisotopic (exact) mass is 362 g/mol. The van der Waals surface area contributed by atoms with Gasteiger partial charge in [0.2, 0.25) is 5.88 Å². The number of rotatable bonds is 6. The Hall–Kier alpha value is -2.88. The summed E-state index contributed by atoms with van der Waals surface area (Å²) in [6, 6.07) is 17.8. The number of carbonyl (C=O) groups is 1. The van der Waals surface area contributed by atoms with Crippen LogP contribution in [0.15, 0.2) is 54.6 Å². The number of benzene rings is 2. The van der Waals surface area contributed by atoms with Gasteiger partial charge in [-0.1, -0.05) is 61.9 Å². The van der Waals surface area contributed by atoms with Gasteiger partial charge in [0, 0.05) is 6.07 Å². The number of ether oxygens (including phenoxy) is 1. The fourth-order valence-electron chi connectivity index (χ4n) is 3.27. The quantitative estimate of drug-likeness (QED) is 0.570. The van der Waals surface area contributed by atoms with Crippen molar-refractivity contribution in [2.45, 2.75) is 46.5 Å². The van der Waals surface area contributed by atoms with Crippen LogP contribution in [0.2, 0.25) is 0 Å². The molecule has 0 spiro atoms. The summed E-state index contributed by atoms with van der Waals surface area (Å²) < 4.78 is 7.58. The van der Waals surface area contributed by atoms with Crippen molar-refractivity contribution in [1.29, 1.82) is 0 Å². The van der Waals surface area contributed by atoms with E-state index in [4.69, 9.17) is 4.74 Å². The predicted octanol–water partition coefficient (Wildman–Crippen LogP) is 5.15. The van der Waals surface area contributed by atoms with E-state index in [1.807, 2.05) is 69.3 Å². The van der Waals surface area contributed by atoms with Crippen LogP contribution >= 0.6 is 0 Å². The third kappa shape index (κ3) is 4.11. The Labute approximate surface area is 160 Å². The first-order chi connectivity index (χ1) is 13.0. The zero-order chi connectivity index (χ0) is 19.4. The molecule has 0 aliphatic rings. The van der Waals surface area contributed by atoms with Crippen molar-refractivity contribution in [3.8, 4) is 11.6 Å². The molecule has 0 amide bonds. The SMILES string of the molecule is CCc1cc(OC(=O)[C@H](CC)c2ccccc2)n(-c2ccc(C)cc2C)n1. The highest BCUT2D eigenvalue weighted by Crippen LogP contribution is 2.27. The van der Waals surface area contributed by atoms with Crippen molar-refractivity contribution in [3.05, 3.63) is 77.0 Å². The minimum atomic E-state index is -0.293. The Balaban J connectivity index is 1.94. The van der Waals surface area contributed by atoms with Crippen molar-refractivity contribution in [1.82, 2.24) is 9.78 Å². The highest BCUT2D eigenvalue weighted by atomic mass is 16.5. The van der Waals surface area contributed by atoms with E-state index in [0.29, 0.717) is 12.3 Å². The number of nitrogens with zero attached hydrogens (tertiary/aromatic N) is 2. The fraction of sp³-hybridized carbons (Fsp3) is 0.304. The van der Waals surface area contributed by atoms with Crippen LogP contribution < -0.4 is 4.74 Å². The Morgan fingerprint density at radius 1 is 1.07 bits per heavy atom. The molecule has 1 heterocycles. The van der Waals surface area contributed by atoms with Gasteiger partial charge in [-0.25, -0.2) is 4.68 Å². The van der Waals surface area contributed by atoms with Crippen LogP contribution in [0.4, 0.5) is 0 Å². The summed E-state index contributed by atoms with van der Waals surface area (Å²) in [5.74, 6) is -0.0748. The molecule has 0 aliphatic heterocycles. The maximum atomic E-state index is 12.9. The van der Waals surface area contributed by atoms with Gasteiger partial charge in [0.05, 0.1) is 17.3 Å². The van der Waals surface area contributed by atoms with Crippen molar-refractivity contribution in [2.75, 3.05) is 0 Å². The first-order valence-electron chi connectivity index (χ1n) is 9.46. The summed E-state index contributed by atoms with van der Waals surface area (Å²) in [4.78, 5) is 12.9. The minimum Gasteiger partial charge on any atom is -0.407 e. The van der Waals surface area contributed by atoms with Crippen LogP contribution in [0.3, 0.4) is 0 Å². The molecule has 1 aromatic heterocycles. The van der Waals surface area contributed by atoms with Crippen molar-refractivity contribution in [2.24, 2.45) is 0 Å². The highest BCUT2D eigenvalue weighted by Gasteiger charge is 2.23. The lowest BCUT2D eigenvalue weighted by Crippen LogP contribution is -2.20. The smallest absolute Gasteiger partial charge is 0.320 e. The molecule has 4 nitrogen and oxygen atoms in total. The molecule has 1 atom stereocenters. The third-order valence-electron chi connectivity index (χ3n) is 4.77. The summed E-state index contributed by atoms with van der Waals surface area (Å²) in [5, 5.41) is 4.64. The molecule has 27 heavy (non-hydrogen) atoms. The number of esters is 1. The maximum absolute atomic E-state index is 12.9. The topological polar surface area (TPSA) is 44.1 Å². The Morgan fingerprint density at radius 3 is 2.44 bits per heavy atom. The molecule has 0 radical (unpaired) electrons. The first-order valence-corrected chi connectivity index (χ1v) is 9.46. The maximum Gasteiger partial charge on any atom is 0.320 e. The second-order valence-corrected chi connectivity index (χ2v) is 6.82. The van der Waals surface area contributed by atoms with Gasteiger partial charge in [-0.2, -0.15) is 5.10 Å². The van der Waals surface area contributed by atoms with Crippen LogP contribution in [-0.4, -0.2) is 15.7 Å². The van der Waals surface area contributed by atoms with E-state index in [0.717, 1.165) is 28.9 Å². The number of hydrogen-bond donors (Lipinski definition) is 0. The molecule has 0 unspecified atom stereocenters. The summed E-state index contributed by atoms with van der Waals surface area (Å²) in [7, 11) is 0. The van der Waals surface area contributed by atoms with Gasteiger partial charge in [0.15, 0.2) is 0 Å². The lowest BCUT2D eigenvalue weighted by molar-refractivity contribution is -0.136. The van der Waals surface area contributed by atoms with Gasteiger partial charge in [0.25, 0.3) is 0 Å². The van der Waals surface area contributed by atoms with Gasteiger partial charge in [-0.15, -0.1) is 0 Å². The first kappa shape index (κ1) is 18.9. The standard InChI is InChI=1S/C23H26N2O2/c1-5-19-15-22(25(24-19)21-13-12-16(3)14-17(21)4)27-23(26)20(6-2)18-10-8-7-9-11-18/h7-15,20H,5-6H2,1-4H3/t20-/m1/s1. The van der Waals surface area contributed by atoms with Crippen molar-refractivity contribution >= 4 is 5.97 Å². The normalized spacial score (nSPS) is 12.0. The van der Waals surface area contributed by atoms with E-state index in [9.17, 15) is 4.79 Å². The van der Waals surface area contributed by atoms with E-state index in [2.05, 4.69) is 18.1 Å².